The van der Waals surface area contributed by atoms with Gasteiger partial charge in [0.05, 0.1) is 6.54 Å². The van der Waals surface area contributed by atoms with Gasteiger partial charge in [0.25, 0.3) is 10.1 Å². The molecule has 0 saturated carbocycles. The summed E-state index contributed by atoms with van der Waals surface area (Å²) in [6.07, 6.45) is -7.93. The standard InChI is InChI=1S/C9H15F3N2O5S/c10-9(11,12)7(6-20(16,17)18)19-8(15)5-14-3-1-13-2-4-14/h7,13H,1-6H2,(H,16,17,18). The monoisotopic (exact) mass is 320 g/mol. The van der Waals surface area contributed by atoms with Gasteiger partial charge in [-0.2, -0.15) is 21.6 Å². The molecule has 0 aliphatic carbocycles. The molecule has 0 aromatic heterocycles. The molecule has 0 aromatic carbocycles. The molecule has 1 fully saturated rings. The first kappa shape index (κ1) is 17.1. The van der Waals surface area contributed by atoms with Crippen LogP contribution in [0.5, 0.6) is 0 Å². The molecule has 1 unspecified atom stereocenters. The molecule has 7 nitrogen and oxygen atoms in total. The minimum Gasteiger partial charge on any atom is -0.451 e. The highest BCUT2D eigenvalue weighted by Crippen LogP contribution is 2.24. The summed E-state index contributed by atoms with van der Waals surface area (Å²) in [4.78, 5) is 13.0. The van der Waals surface area contributed by atoms with Crippen LogP contribution in [0.15, 0.2) is 0 Å². The largest absolute Gasteiger partial charge is 0.451 e. The number of nitrogens with one attached hydrogen (secondary N) is 1. The molecule has 1 aliphatic rings. The number of hydrogen-bond donors (Lipinski definition) is 2. The Morgan fingerprint density at radius 2 is 1.90 bits per heavy atom. The lowest BCUT2D eigenvalue weighted by Crippen LogP contribution is -2.47. The maximum atomic E-state index is 12.5. The molecular weight excluding hydrogens is 305 g/mol. The van der Waals surface area contributed by atoms with Crippen LogP contribution in [0.25, 0.3) is 0 Å². The number of esters is 1. The average Bonchev–Trinajstić information content (AvgIpc) is 2.26. The fourth-order valence-electron chi connectivity index (χ4n) is 1.63. The van der Waals surface area contributed by atoms with Crippen LogP contribution in [0.4, 0.5) is 13.2 Å². The van der Waals surface area contributed by atoms with Crippen molar-refractivity contribution in [3.05, 3.63) is 0 Å². The maximum absolute atomic E-state index is 12.5. The first-order valence-corrected chi connectivity index (χ1v) is 7.33. The summed E-state index contributed by atoms with van der Waals surface area (Å²) < 4.78 is 71.1. The zero-order valence-corrected chi connectivity index (χ0v) is 11.2. The Kier molecular flexibility index (Phi) is 5.74. The summed E-state index contributed by atoms with van der Waals surface area (Å²) in [5, 5.41) is 3.00. The highest BCUT2D eigenvalue weighted by atomic mass is 32.2. The molecule has 1 atom stereocenters. The van der Waals surface area contributed by atoms with E-state index in [2.05, 4.69) is 10.1 Å². The topological polar surface area (TPSA) is 95.9 Å². The lowest BCUT2D eigenvalue weighted by Gasteiger charge is -2.27. The maximum Gasteiger partial charge on any atom is 0.426 e. The molecule has 11 heteroatoms. The van der Waals surface area contributed by atoms with E-state index in [1.54, 1.807) is 4.90 Å². The first-order valence-electron chi connectivity index (χ1n) is 5.72. The van der Waals surface area contributed by atoms with E-state index in [1.165, 1.54) is 0 Å². The van der Waals surface area contributed by atoms with E-state index in [4.69, 9.17) is 4.55 Å². The smallest absolute Gasteiger partial charge is 0.426 e. The van der Waals surface area contributed by atoms with Gasteiger partial charge in [-0.25, -0.2) is 0 Å². The summed E-state index contributed by atoms with van der Waals surface area (Å²) in [7, 11) is -4.91. The van der Waals surface area contributed by atoms with E-state index in [9.17, 15) is 26.4 Å². The Bertz CT molecular complexity index is 433. The Morgan fingerprint density at radius 1 is 1.35 bits per heavy atom. The summed E-state index contributed by atoms with van der Waals surface area (Å²) >= 11 is 0. The van der Waals surface area contributed by atoms with Crippen molar-refractivity contribution in [3.8, 4) is 0 Å². The van der Waals surface area contributed by atoms with E-state index >= 15 is 0 Å². The number of hydrogen-bond acceptors (Lipinski definition) is 6. The van der Waals surface area contributed by atoms with Gasteiger partial charge in [0.1, 0.15) is 5.75 Å². The Balaban J connectivity index is 2.57. The molecule has 1 heterocycles. The van der Waals surface area contributed by atoms with Crippen molar-refractivity contribution >= 4 is 16.1 Å². The molecule has 20 heavy (non-hydrogen) atoms. The van der Waals surface area contributed by atoms with Crippen LogP contribution in [0.1, 0.15) is 0 Å². The van der Waals surface area contributed by atoms with Gasteiger partial charge < -0.3 is 10.1 Å². The van der Waals surface area contributed by atoms with Crippen LogP contribution < -0.4 is 5.32 Å². The van der Waals surface area contributed by atoms with Gasteiger partial charge in [0, 0.05) is 26.2 Å². The van der Waals surface area contributed by atoms with Crippen molar-refractivity contribution in [2.45, 2.75) is 12.3 Å². The van der Waals surface area contributed by atoms with Crippen molar-refractivity contribution < 1.29 is 35.7 Å². The second kappa shape index (κ2) is 6.70. The normalized spacial score (nSPS) is 19.6. The van der Waals surface area contributed by atoms with Crippen molar-refractivity contribution in [2.24, 2.45) is 0 Å². The second-order valence-corrected chi connectivity index (χ2v) is 5.79. The molecule has 0 amide bonds. The van der Waals surface area contributed by atoms with Gasteiger partial charge in [0.15, 0.2) is 0 Å². The Hall–Kier alpha value is -0.910. The number of halogens is 3. The molecule has 0 aromatic rings. The predicted octanol–water partition coefficient (Wildman–Crippen LogP) is -0.746. The summed E-state index contributed by atoms with van der Waals surface area (Å²) in [5.41, 5.74) is 0. The number of piperazine rings is 1. The minimum atomic E-state index is -5.06. The number of carbonyl (C=O) groups is 1. The lowest BCUT2D eigenvalue weighted by atomic mass is 10.3. The van der Waals surface area contributed by atoms with Gasteiger partial charge in [0.2, 0.25) is 6.10 Å². The van der Waals surface area contributed by atoms with E-state index < -0.39 is 34.1 Å². The molecule has 2 N–H and O–H groups in total. The number of rotatable bonds is 5. The lowest BCUT2D eigenvalue weighted by molar-refractivity contribution is -0.215. The van der Waals surface area contributed by atoms with Crippen LogP contribution in [-0.2, 0) is 19.6 Å². The summed E-state index contributed by atoms with van der Waals surface area (Å²) in [6.45, 7) is 1.79. The van der Waals surface area contributed by atoms with Crippen LogP contribution >= 0.6 is 0 Å². The first-order chi connectivity index (χ1) is 9.08. The van der Waals surface area contributed by atoms with Gasteiger partial charge in [-0.1, -0.05) is 0 Å². The average molecular weight is 320 g/mol. The van der Waals surface area contributed by atoms with E-state index in [1.807, 2.05) is 0 Å². The minimum absolute atomic E-state index is 0.361. The fourth-order valence-corrected chi connectivity index (χ4v) is 2.27. The molecule has 1 aliphatic heterocycles. The van der Waals surface area contributed by atoms with Crippen molar-refractivity contribution in [1.82, 2.24) is 10.2 Å². The molecule has 1 saturated heterocycles. The summed E-state index contributed by atoms with van der Waals surface area (Å²) in [6, 6.07) is 0. The van der Waals surface area contributed by atoms with E-state index in [-0.39, 0.29) is 6.54 Å². The quantitative estimate of drug-likeness (QED) is 0.508. The zero-order chi connectivity index (χ0) is 15.4. The molecular formula is C9H15F3N2O5S. The van der Waals surface area contributed by atoms with Crippen LogP contribution in [0.2, 0.25) is 0 Å². The number of ether oxygens (including phenoxy) is 1. The molecule has 0 bridgehead atoms. The predicted molar refractivity (Wildman–Crippen MR) is 61.7 cm³/mol. The third kappa shape index (κ3) is 6.50. The third-order valence-corrected chi connectivity index (χ3v) is 3.29. The highest BCUT2D eigenvalue weighted by molar-refractivity contribution is 7.85. The molecule has 0 radical (unpaired) electrons. The van der Waals surface area contributed by atoms with Crippen LogP contribution in [-0.4, -0.2) is 74.6 Å². The number of alkyl halides is 3. The number of carbonyl (C=O) groups excluding carboxylic acids is 1. The molecule has 118 valence electrons. The zero-order valence-electron chi connectivity index (χ0n) is 10.4. The Labute approximate surface area is 113 Å². The highest BCUT2D eigenvalue weighted by Gasteiger charge is 2.45. The van der Waals surface area contributed by atoms with Crippen LogP contribution in [0, 0.1) is 0 Å². The van der Waals surface area contributed by atoms with Crippen molar-refractivity contribution in [1.29, 1.82) is 0 Å². The SMILES string of the molecule is O=C(CN1CCNCC1)OC(CS(=O)(=O)O)C(F)(F)F. The molecule has 0 spiro atoms. The molecule has 1 rings (SSSR count). The van der Waals surface area contributed by atoms with Gasteiger partial charge in [-0.3, -0.25) is 14.2 Å². The van der Waals surface area contributed by atoms with Crippen LogP contribution in [0.3, 0.4) is 0 Å². The number of nitrogens with zero attached hydrogens (tertiary/aromatic N) is 1. The van der Waals surface area contributed by atoms with Crippen molar-refractivity contribution in [3.63, 3.8) is 0 Å². The third-order valence-electron chi connectivity index (χ3n) is 2.56. The van der Waals surface area contributed by atoms with Gasteiger partial charge in [-0.05, 0) is 0 Å². The Morgan fingerprint density at radius 3 is 2.35 bits per heavy atom. The van der Waals surface area contributed by atoms with Gasteiger partial charge in [-0.15, -0.1) is 0 Å². The second-order valence-electron chi connectivity index (χ2n) is 4.29. The van der Waals surface area contributed by atoms with Gasteiger partial charge >= 0.3 is 12.1 Å². The van der Waals surface area contributed by atoms with Crippen molar-refractivity contribution in [2.75, 3.05) is 38.5 Å². The van der Waals surface area contributed by atoms with E-state index in [0.29, 0.717) is 26.2 Å². The fraction of sp³-hybridized carbons (Fsp3) is 0.889. The summed E-state index contributed by atoms with van der Waals surface area (Å²) in [5.74, 6) is -2.89. The van der Waals surface area contributed by atoms with E-state index in [0.717, 1.165) is 0 Å².